The highest BCUT2D eigenvalue weighted by molar-refractivity contribution is 7.14. The minimum atomic E-state index is 0.188. The van der Waals surface area contributed by atoms with Crippen molar-refractivity contribution in [1.29, 1.82) is 0 Å². The number of rotatable bonds is 2. The number of carbonyl (C=O) groups excluding carboxylic acids is 1. The largest absolute Gasteiger partial charge is 0.293 e. The quantitative estimate of drug-likeness (QED) is 0.693. The number of carbonyl (C=O) groups is 1. The predicted octanol–water partition coefficient (Wildman–Crippen LogP) is 4.46. The standard InChI is InChI=1S/C14H20OS/c1-10-7-8-12(16-10)13(15)11-6-4-5-9-14(11,2)3/h7-8,11H,4-6,9H2,1-3H3. The first kappa shape index (κ1) is 11.8. The Morgan fingerprint density at radius 1 is 1.38 bits per heavy atom. The summed E-state index contributed by atoms with van der Waals surface area (Å²) in [6.45, 7) is 6.55. The summed E-state index contributed by atoms with van der Waals surface area (Å²) in [4.78, 5) is 14.6. The van der Waals surface area contributed by atoms with Gasteiger partial charge in [-0.05, 0) is 37.3 Å². The maximum Gasteiger partial charge on any atom is 0.176 e. The molecule has 2 rings (SSSR count). The van der Waals surface area contributed by atoms with Crippen LogP contribution in [-0.4, -0.2) is 5.78 Å². The fourth-order valence-corrected chi connectivity index (χ4v) is 3.58. The van der Waals surface area contributed by atoms with Crippen molar-refractivity contribution in [2.45, 2.75) is 46.5 Å². The van der Waals surface area contributed by atoms with E-state index in [0.717, 1.165) is 11.3 Å². The number of Topliss-reactive ketones (excluding diaryl/α,β-unsaturated/α-hetero) is 1. The van der Waals surface area contributed by atoms with E-state index in [0.29, 0.717) is 5.78 Å². The molecule has 1 saturated carbocycles. The molecule has 1 atom stereocenters. The Hall–Kier alpha value is -0.630. The molecule has 0 saturated heterocycles. The Morgan fingerprint density at radius 3 is 2.69 bits per heavy atom. The van der Waals surface area contributed by atoms with Gasteiger partial charge in [-0.1, -0.05) is 26.7 Å². The molecule has 1 aliphatic rings. The maximum atomic E-state index is 12.4. The first-order valence-corrected chi connectivity index (χ1v) is 6.93. The van der Waals surface area contributed by atoms with Gasteiger partial charge in [0.15, 0.2) is 5.78 Å². The molecule has 1 fully saturated rings. The van der Waals surface area contributed by atoms with Crippen molar-refractivity contribution in [3.8, 4) is 0 Å². The fraction of sp³-hybridized carbons (Fsp3) is 0.643. The zero-order valence-electron chi connectivity index (χ0n) is 10.4. The van der Waals surface area contributed by atoms with Crippen LogP contribution in [0.3, 0.4) is 0 Å². The fourth-order valence-electron chi connectivity index (χ4n) is 2.72. The van der Waals surface area contributed by atoms with E-state index in [1.807, 2.05) is 12.1 Å². The Kier molecular flexibility index (Phi) is 3.20. The number of aryl methyl sites for hydroxylation is 1. The van der Waals surface area contributed by atoms with Gasteiger partial charge in [-0.25, -0.2) is 0 Å². The normalized spacial score (nSPS) is 24.3. The van der Waals surface area contributed by atoms with Crippen molar-refractivity contribution >= 4 is 17.1 Å². The van der Waals surface area contributed by atoms with Gasteiger partial charge in [0.2, 0.25) is 0 Å². The monoisotopic (exact) mass is 236 g/mol. The highest BCUT2D eigenvalue weighted by Crippen LogP contribution is 2.42. The van der Waals surface area contributed by atoms with Gasteiger partial charge in [0, 0.05) is 10.8 Å². The zero-order chi connectivity index (χ0) is 11.8. The van der Waals surface area contributed by atoms with Crippen LogP contribution in [0.5, 0.6) is 0 Å². The van der Waals surface area contributed by atoms with E-state index in [-0.39, 0.29) is 11.3 Å². The van der Waals surface area contributed by atoms with Gasteiger partial charge in [0.25, 0.3) is 0 Å². The van der Waals surface area contributed by atoms with Gasteiger partial charge in [-0.2, -0.15) is 0 Å². The van der Waals surface area contributed by atoms with Crippen molar-refractivity contribution in [3.05, 3.63) is 21.9 Å². The molecule has 0 radical (unpaired) electrons. The smallest absolute Gasteiger partial charge is 0.176 e. The van der Waals surface area contributed by atoms with Crippen LogP contribution in [0.2, 0.25) is 0 Å². The lowest BCUT2D eigenvalue weighted by Crippen LogP contribution is -2.33. The van der Waals surface area contributed by atoms with Crippen molar-refractivity contribution < 1.29 is 4.79 Å². The molecule has 1 heterocycles. The summed E-state index contributed by atoms with van der Waals surface area (Å²) in [5.41, 5.74) is 0.188. The van der Waals surface area contributed by atoms with Gasteiger partial charge in [0.1, 0.15) is 0 Å². The molecule has 0 amide bonds. The van der Waals surface area contributed by atoms with E-state index in [9.17, 15) is 4.79 Å². The summed E-state index contributed by atoms with van der Waals surface area (Å²) >= 11 is 1.64. The number of thiophene rings is 1. The molecular weight excluding hydrogens is 216 g/mol. The Balaban J connectivity index is 2.20. The molecule has 1 aromatic heterocycles. The Labute approximate surface area is 102 Å². The number of hydrogen-bond acceptors (Lipinski definition) is 2. The molecular formula is C14H20OS. The predicted molar refractivity (Wildman–Crippen MR) is 69.1 cm³/mol. The van der Waals surface area contributed by atoms with Gasteiger partial charge < -0.3 is 0 Å². The third-order valence-corrected chi connectivity index (χ3v) is 4.82. The average Bonchev–Trinajstić information content (AvgIpc) is 2.63. The summed E-state index contributed by atoms with van der Waals surface area (Å²) in [5, 5.41) is 0. The van der Waals surface area contributed by atoms with E-state index in [4.69, 9.17) is 0 Å². The van der Waals surface area contributed by atoms with Gasteiger partial charge in [-0.3, -0.25) is 4.79 Å². The molecule has 1 nitrogen and oxygen atoms in total. The van der Waals surface area contributed by atoms with Crippen LogP contribution < -0.4 is 0 Å². The van der Waals surface area contributed by atoms with Crippen LogP contribution in [-0.2, 0) is 0 Å². The highest BCUT2D eigenvalue weighted by atomic mass is 32.1. The second kappa shape index (κ2) is 4.33. The average molecular weight is 236 g/mol. The minimum Gasteiger partial charge on any atom is -0.293 e. The lowest BCUT2D eigenvalue weighted by atomic mass is 9.67. The van der Waals surface area contributed by atoms with Crippen LogP contribution in [0.15, 0.2) is 12.1 Å². The molecule has 16 heavy (non-hydrogen) atoms. The second-order valence-electron chi connectivity index (χ2n) is 5.56. The lowest BCUT2D eigenvalue weighted by molar-refractivity contribution is 0.0702. The molecule has 0 aromatic carbocycles. The first-order chi connectivity index (χ1) is 7.50. The van der Waals surface area contributed by atoms with Crippen LogP contribution in [0.25, 0.3) is 0 Å². The summed E-state index contributed by atoms with van der Waals surface area (Å²) in [6.07, 6.45) is 4.75. The van der Waals surface area contributed by atoms with Crippen LogP contribution in [0, 0.1) is 18.3 Å². The molecule has 0 spiro atoms. The van der Waals surface area contributed by atoms with Crippen LogP contribution in [0.1, 0.15) is 54.1 Å². The van der Waals surface area contributed by atoms with Gasteiger partial charge >= 0.3 is 0 Å². The molecule has 0 N–H and O–H groups in total. The molecule has 2 heteroatoms. The second-order valence-corrected chi connectivity index (χ2v) is 6.85. The van der Waals surface area contributed by atoms with E-state index in [1.165, 1.54) is 24.1 Å². The summed E-state index contributed by atoms with van der Waals surface area (Å²) in [6, 6.07) is 4.04. The van der Waals surface area contributed by atoms with Crippen molar-refractivity contribution in [2.24, 2.45) is 11.3 Å². The SMILES string of the molecule is Cc1ccc(C(=O)C2CCCCC2(C)C)s1. The van der Waals surface area contributed by atoms with Crippen molar-refractivity contribution in [2.75, 3.05) is 0 Å². The topological polar surface area (TPSA) is 17.1 Å². The lowest BCUT2D eigenvalue weighted by Gasteiger charge is -2.37. The zero-order valence-corrected chi connectivity index (χ0v) is 11.2. The van der Waals surface area contributed by atoms with Gasteiger partial charge in [-0.15, -0.1) is 11.3 Å². The molecule has 1 aromatic rings. The van der Waals surface area contributed by atoms with Crippen LogP contribution >= 0.6 is 11.3 Å². The third-order valence-electron chi connectivity index (χ3n) is 3.81. The van der Waals surface area contributed by atoms with E-state index < -0.39 is 0 Å². The number of ketones is 1. The van der Waals surface area contributed by atoms with E-state index in [2.05, 4.69) is 20.8 Å². The highest BCUT2D eigenvalue weighted by Gasteiger charge is 2.37. The first-order valence-electron chi connectivity index (χ1n) is 6.11. The summed E-state index contributed by atoms with van der Waals surface area (Å²) < 4.78 is 0. The molecule has 0 aliphatic heterocycles. The minimum absolute atomic E-state index is 0.188. The maximum absolute atomic E-state index is 12.4. The van der Waals surface area contributed by atoms with Crippen molar-refractivity contribution in [3.63, 3.8) is 0 Å². The third kappa shape index (κ3) is 2.22. The molecule has 1 unspecified atom stereocenters. The van der Waals surface area contributed by atoms with Gasteiger partial charge in [0.05, 0.1) is 4.88 Å². The van der Waals surface area contributed by atoms with Crippen LogP contribution in [0.4, 0.5) is 0 Å². The van der Waals surface area contributed by atoms with E-state index in [1.54, 1.807) is 11.3 Å². The molecule has 88 valence electrons. The summed E-state index contributed by atoms with van der Waals surface area (Å²) in [5.74, 6) is 0.613. The molecule has 1 aliphatic carbocycles. The summed E-state index contributed by atoms with van der Waals surface area (Å²) in [7, 11) is 0. The van der Waals surface area contributed by atoms with E-state index >= 15 is 0 Å². The Morgan fingerprint density at radius 2 is 2.12 bits per heavy atom. The molecule has 0 bridgehead atoms. The number of hydrogen-bond donors (Lipinski definition) is 0. The van der Waals surface area contributed by atoms with Crippen molar-refractivity contribution in [1.82, 2.24) is 0 Å². The Bertz CT molecular complexity index is 389.